The maximum Gasteiger partial charge on any atom is 0.320 e. The van der Waals surface area contributed by atoms with E-state index in [1.54, 1.807) is 0 Å². The zero-order valence-electron chi connectivity index (χ0n) is 19.6. The molecule has 34 heavy (non-hydrogen) atoms. The van der Waals surface area contributed by atoms with Crippen LogP contribution >= 0.6 is 0 Å². The summed E-state index contributed by atoms with van der Waals surface area (Å²) in [4.78, 5) is 25.2. The van der Waals surface area contributed by atoms with Crippen LogP contribution < -0.4 is 0 Å². The molecule has 3 aliphatic heterocycles. The summed E-state index contributed by atoms with van der Waals surface area (Å²) in [7, 11) is 0. The van der Waals surface area contributed by atoms with E-state index in [0.717, 1.165) is 63.9 Å². The molecule has 2 spiro atoms. The first-order valence-electron chi connectivity index (χ1n) is 13.1. The molecule has 3 aliphatic carbocycles. The highest BCUT2D eigenvalue weighted by Crippen LogP contribution is 2.56. The summed E-state index contributed by atoms with van der Waals surface area (Å²) in [6, 6.07) is 4.67. The average molecular weight is 461 g/mol. The van der Waals surface area contributed by atoms with Gasteiger partial charge in [-0.15, -0.1) is 10.2 Å². The van der Waals surface area contributed by atoms with Gasteiger partial charge in [-0.2, -0.15) is 0 Å². The van der Waals surface area contributed by atoms with Crippen LogP contribution in [0.4, 0.5) is 4.79 Å². The zero-order valence-corrected chi connectivity index (χ0v) is 19.6. The van der Waals surface area contributed by atoms with Crippen molar-refractivity contribution in [1.82, 2.24) is 30.0 Å². The number of nitrogens with zero attached hydrogens (tertiary/aromatic N) is 5. The summed E-state index contributed by atoms with van der Waals surface area (Å²) in [6.45, 7) is 5.31. The Morgan fingerprint density at radius 3 is 2.21 bits per heavy atom. The van der Waals surface area contributed by atoms with E-state index in [4.69, 9.17) is 9.72 Å². The molecule has 6 aliphatic rings. The van der Waals surface area contributed by atoms with Crippen LogP contribution in [0.15, 0.2) is 18.3 Å². The maximum atomic E-state index is 12.9. The smallest absolute Gasteiger partial charge is 0.320 e. The van der Waals surface area contributed by atoms with Crippen LogP contribution in [0.1, 0.15) is 85.1 Å². The standard InChI is InChI=1S/C26H32N6O2/c33-24(32-12-25(13-32)7-19(8-25)23-28-22(29-30-23)16-1-2-16)31-10-20(11-31)17-3-4-21(27-9-17)18-5-26(6-18)14-34-15-26/h3-4,9,16,18-20H,1-2,5-8,10-15H2,(H,28,29,30). The van der Waals surface area contributed by atoms with Gasteiger partial charge in [-0.1, -0.05) is 6.07 Å². The Bertz CT molecular complexity index is 1110. The molecule has 3 saturated carbocycles. The Hall–Kier alpha value is -2.48. The molecule has 2 aromatic rings. The number of H-pyrrole nitrogens is 1. The summed E-state index contributed by atoms with van der Waals surface area (Å²) >= 11 is 0. The number of aromatic amines is 1. The van der Waals surface area contributed by atoms with Crippen LogP contribution in [-0.4, -0.2) is 75.4 Å². The van der Waals surface area contributed by atoms with Crippen molar-refractivity contribution in [3.8, 4) is 0 Å². The molecular formula is C26H32N6O2. The van der Waals surface area contributed by atoms with Crippen molar-refractivity contribution in [2.24, 2.45) is 10.8 Å². The number of ether oxygens (including phenoxy) is 1. The Kier molecular flexibility index (Phi) is 3.96. The third-order valence-electron chi connectivity index (χ3n) is 9.58. The van der Waals surface area contributed by atoms with Crippen molar-refractivity contribution >= 4 is 6.03 Å². The molecule has 6 fully saturated rings. The lowest BCUT2D eigenvalue weighted by atomic mass is 9.57. The van der Waals surface area contributed by atoms with Crippen molar-refractivity contribution in [2.75, 3.05) is 39.4 Å². The number of likely N-dealkylation sites (tertiary alicyclic amines) is 2. The van der Waals surface area contributed by atoms with Gasteiger partial charge in [0.25, 0.3) is 0 Å². The molecule has 1 N–H and O–H groups in total. The first kappa shape index (κ1) is 19.8. The highest BCUT2D eigenvalue weighted by atomic mass is 16.5. The molecule has 0 aromatic carbocycles. The highest BCUT2D eigenvalue weighted by Gasteiger charge is 2.56. The molecule has 5 heterocycles. The predicted molar refractivity (Wildman–Crippen MR) is 124 cm³/mol. The largest absolute Gasteiger partial charge is 0.380 e. The fourth-order valence-electron chi connectivity index (χ4n) is 7.12. The topological polar surface area (TPSA) is 87.2 Å². The van der Waals surface area contributed by atoms with Gasteiger partial charge in [0.2, 0.25) is 0 Å². The van der Waals surface area contributed by atoms with Gasteiger partial charge < -0.3 is 19.5 Å². The van der Waals surface area contributed by atoms with Crippen LogP contribution in [0.3, 0.4) is 0 Å². The summed E-state index contributed by atoms with van der Waals surface area (Å²) in [5.74, 6) is 4.29. The number of rotatable bonds is 4. The number of pyridine rings is 1. The molecular weight excluding hydrogens is 428 g/mol. The lowest BCUT2D eigenvalue weighted by Gasteiger charge is -2.59. The van der Waals surface area contributed by atoms with E-state index in [0.29, 0.717) is 34.5 Å². The van der Waals surface area contributed by atoms with Crippen molar-refractivity contribution in [1.29, 1.82) is 0 Å². The fraction of sp³-hybridized carbons (Fsp3) is 0.692. The second-order valence-electron chi connectivity index (χ2n) is 12.3. The lowest BCUT2D eigenvalue weighted by Crippen LogP contribution is -2.67. The second-order valence-corrected chi connectivity index (χ2v) is 12.3. The van der Waals surface area contributed by atoms with Crippen molar-refractivity contribution in [2.45, 2.75) is 62.2 Å². The first-order valence-corrected chi connectivity index (χ1v) is 13.1. The van der Waals surface area contributed by atoms with Crippen LogP contribution in [-0.2, 0) is 4.74 Å². The number of aromatic nitrogens is 4. The van der Waals surface area contributed by atoms with E-state index in [-0.39, 0.29) is 6.03 Å². The van der Waals surface area contributed by atoms with E-state index < -0.39 is 0 Å². The molecule has 3 saturated heterocycles. The third-order valence-corrected chi connectivity index (χ3v) is 9.58. The van der Waals surface area contributed by atoms with E-state index in [9.17, 15) is 4.79 Å². The van der Waals surface area contributed by atoms with Gasteiger partial charge in [0.15, 0.2) is 0 Å². The van der Waals surface area contributed by atoms with Gasteiger partial charge >= 0.3 is 6.03 Å². The van der Waals surface area contributed by atoms with Gasteiger partial charge in [-0.25, -0.2) is 4.79 Å². The molecule has 0 bridgehead atoms. The molecule has 8 nitrogen and oxygen atoms in total. The summed E-state index contributed by atoms with van der Waals surface area (Å²) < 4.78 is 5.39. The van der Waals surface area contributed by atoms with Crippen LogP contribution in [0.2, 0.25) is 0 Å². The maximum absolute atomic E-state index is 12.9. The Labute approximate surface area is 199 Å². The number of hydrogen-bond donors (Lipinski definition) is 1. The Morgan fingerprint density at radius 1 is 0.882 bits per heavy atom. The monoisotopic (exact) mass is 460 g/mol. The lowest BCUT2D eigenvalue weighted by molar-refractivity contribution is -0.164. The quantitative estimate of drug-likeness (QED) is 0.756. The van der Waals surface area contributed by atoms with Gasteiger partial charge in [0, 0.05) is 72.6 Å². The summed E-state index contributed by atoms with van der Waals surface area (Å²) in [5.41, 5.74) is 3.30. The Balaban J connectivity index is 0.803. The normalized spacial score (nSPS) is 27.6. The molecule has 178 valence electrons. The molecule has 0 unspecified atom stereocenters. The average Bonchev–Trinajstić information content (AvgIpc) is 3.42. The number of carbonyl (C=O) groups excluding carboxylic acids is 1. The number of urea groups is 1. The van der Waals surface area contributed by atoms with Crippen molar-refractivity contribution in [3.63, 3.8) is 0 Å². The van der Waals surface area contributed by atoms with Gasteiger partial charge in [0.1, 0.15) is 11.6 Å². The van der Waals surface area contributed by atoms with E-state index in [1.807, 2.05) is 9.80 Å². The van der Waals surface area contributed by atoms with Gasteiger partial charge in [-0.05, 0) is 50.2 Å². The van der Waals surface area contributed by atoms with Crippen LogP contribution in [0.5, 0.6) is 0 Å². The molecule has 8 heteroatoms. The molecule has 2 aromatic heterocycles. The minimum atomic E-state index is 0.216. The van der Waals surface area contributed by atoms with Crippen molar-refractivity contribution in [3.05, 3.63) is 41.2 Å². The summed E-state index contributed by atoms with van der Waals surface area (Å²) in [5, 5.41) is 8.73. The minimum absolute atomic E-state index is 0.216. The van der Waals surface area contributed by atoms with E-state index in [1.165, 1.54) is 36.9 Å². The molecule has 8 rings (SSSR count). The van der Waals surface area contributed by atoms with Gasteiger partial charge in [-0.3, -0.25) is 4.98 Å². The predicted octanol–water partition coefficient (Wildman–Crippen LogP) is 3.37. The van der Waals surface area contributed by atoms with Crippen molar-refractivity contribution < 1.29 is 9.53 Å². The van der Waals surface area contributed by atoms with Gasteiger partial charge in [0.05, 0.1) is 13.2 Å². The summed E-state index contributed by atoms with van der Waals surface area (Å²) in [6.07, 6.45) is 9.26. The molecule has 0 atom stereocenters. The number of hydrogen-bond acceptors (Lipinski definition) is 5. The second kappa shape index (κ2) is 6.80. The molecule has 2 amide bonds. The number of amides is 2. The Morgan fingerprint density at radius 2 is 1.59 bits per heavy atom. The zero-order chi connectivity index (χ0) is 22.5. The SMILES string of the molecule is O=C(N1CC(c2ccc(C3CC4(COC4)C3)nc2)C1)N1CC2(CC(c3nnc(C4CC4)[nH]3)C2)C1. The highest BCUT2D eigenvalue weighted by molar-refractivity contribution is 5.77. The fourth-order valence-corrected chi connectivity index (χ4v) is 7.12. The van der Waals surface area contributed by atoms with E-state index in [2.05, 4.69) is 33.5 Å². The first-order chi connectivity index (χ1) is 16.6. The number of carbonyl (C=O) groups is 1. The van der Waals surface area contributed by atoms with E-state index >= 15 is 0 Å². The number of nitrogens with one attached hydrogen (secondary N) is 1. The van der Waals surface area contributed by atoms with Crippen LogP contribution in [0.25, 0.3) is 0 Å². The molecule has 0 radical (unpaired) electrons. The van der Waals surface area contributed by atoms with Crippen LogP contribution in [0, 0.1) is 10.8 Å². The minimum Gasteiger partial charge on any atom is -0.380 e. The third kappa shape index (κ3) is 3.00.